The molecule has 0 radical (unpaired) electrons. The highest BCUT2D eigenvalue weighted by atomic mass is 35.7. The van der Waals surface area contributed by atoms with Gasteiger partial charge in [0.1, 0.15) is 0 Å². The van der Waals surface area contributed by atoms with E-state index < -0.39 is 6.80 Å². The lowest BCUT2D eigenvalue weighted by Gasteiger charge is -1.84. The summed E-state index contributed by atoms with van der Waals surface area (Å²) in [4.78, 5) is 9.19. The van der Waals surface area contributed by atoms with Crippen molar-refractivity contribution in [1.29, 1.82) is 0 Å². The molecule has 0 spiro atoms. The number of isocyanates is 1. The minimum Gasteiger partial charge on any atom is -0.262 e. The van der Waals surface area contributed by atoms with Crippen molar-refractivity contribution < 1.29 is 9.36 Å². The third-order valence-electron chi connectivity index (χ3n) is 0.177. The van der Waals surface area contributed by atoms with Crippen molar-refractivity contribution in [1.82, 2.24) is 0 Å². The van der Waals surface area contributed by atoms with Crippen LogP contribution in [0.25, 0.3) is 0 Å². The number of hydrogen-bond donors (Lipinski definition) is 1. The van der Waals surface area contributed by atoms with Crippen LogP contribution in [-0.4, -0.2) is 6.08 Å². The van der Waals surface area contributed by atoms with Gasteiger partial charge in [-0.25, -0.2) is 10.3 Å². The molecule has 0 rings (SSSR count). The van der Waals surface area contributed by atoms with Gasteiger partial charge in [0.15, 0.2) is 0 Å². The Morgan fingerprint density at radius 3 is 2.29 bits per heavy atom. The molecule has 0 saturated heterocycles. The van der Waals surface area contributed by atoms with Crippen LogP contribution in [0.4, 0.5) is 0 Å². The van der Waals surface area contributed by atoms with E-state index in [4.69, 9.17) is 11.2 Å². The molecule has 0 saturated carbocycles. The first-order valence-corrected chi connectivity index (χ1v) is 3.87. The minimum atomic E-state index is -3.49. The number of carbonyl (C=O) groups excluding carboxylic acids is 1. The van der Waals surface area contributed by atoms with Gasteiger partial charge in [0.05, 0.1) is 0 Å². The van der Waals surface area contributed by atoms with E-state index in [9.17, 15) is 9.36 Å². The highest BCUT2D eigenvalue weighted by Gasteiger charge is 2.04. The Hall–Kier alpha value is -0.140. The van der Waals surface area contributed by atoms with Gasteiger partial charge in [-0.1, -0.05) is 0 Å². The van der Waals surface area contributed by atoms with Crippen LogP contribution in [-0.2, 0) is 9.36 Å². The van der Waals surface area contributed by atoms with Gasteiger partial charge in [-0.05, 0) is 11.2 Å². The summed E-state index contributed by atoms with van der Waals surface area (Å²) in [5, 5.41) is 0. The molecular weight excluding hydrogens is 138 g/mol. The van der Waals surface area contributed by atoms with Gasteiger partial charge in [0.25, 0.3) is 0 Å². The van der Waals surface area contributed by atoms with E-state index in [0.29, 0.717) is 0 Å². The lowest BCUT2D eigenvalue weighted by molar-refractivity contribution is 0.563. The standard InChI is InChI=1S/CH2ClN2O2P/c2-7(3,6)4-1-5/h(H2,3,6). The summed E-state index contributed by atoms with van der Waals surface area (Å²) in [6.45, 7) is -3.49. The summed E-state index contributed by atoms with van der Waals surface area (Å²) in [6.07, 6.45) is 0.963. The van der Waals surface area contributed by atoms with Crippen LogP contribution < -0.4 is 5.50 Å². The van der Waals surface area contributed by atoms with Crippen LogP contribution in [0.5, 0.6) is 0 Å². The van der Waals surface area contributed by atoms with Gasteiger partial charge in [0, 0.05) is 0 Å². The second-order valence-electron chi connectivity index (χ2n) is 0.736. The summed E-state index contributed by atoms with van der Waals surface area (Å²) in [5.74, 6) is 0. The summed E-state index contributed by atoms with van der Waals surface area (Å²) in [7, 11) is 0. The SMILES string of the molecule is NP(=O)(Cl)N=C=O. The zero-order valence-electron chi connectivity index (χ0n) is 3.17. The van der Waals surface area contributed by atoms with E-state index in [1.54, 1.807) is 0 Å². The molecule has 6 heteroatoms. The zero-order chi connectivity index (χ0) is 5.91. The molecule has 0 aromatic heterocycles. The number of nitrogens with zero attached hydrogens (tertiary/aromatic N) is 1. The van der Waals surface area contributed by atoms with E-state index in [2.05, 4.69) is 10.3 Å². The molecule has 0 fully saturated rings. The Morgan fingerprint density at radius 1 is 1.86 bits per heavy atom. The average molecular weight is 140 g/mol. The fraction of sp³-hybridized carbons (Fsp3) is 0. The fourth-order valence-corrected chi connectivity index (χ4v) is 0.260. The number of rotatable bonds is 1. The minimum absolute atomic E-state index is 0.963. The third kappa shape index (κ3) is 5.86. The lowest BCUT2D eigenvalue weighted by Crippen LogP contribution is -1.79. The molecular formula is CH2ClN2O2P. The van der Waals surface area contributed by atoms with E-state index in [-0.39, 0.29) is 0 Å². The third-order valence-corrected chi connectivity index (χ3v) is 0.758. The smallest absolute Gasteiger partial charge is 0.262 e. The predicted octanol–water partition coefficient (Wildman–Crippen LogP) is 0.628. The van der Waals surface area contributed by atoms with Crippen LogP contribution in [0.3, 0.4) is 0 Å². The second-order valence-corrected chi connectivity index (χ2v) is 3.48. The van der Waals surface area contributed by atoms with Crippen molar-refractivity contribution in [2.45, 2.75) is 0 Å². The molecule has 1 atom stereocenters. The quantitative estimate of drug-likeness (QED) is 0.330. The molecule has 4 nitrogen and oxygen atoms in total. The summed E-state index contributed by atoms with van der Waals surface area (Å²) >= 11 is 4.74. The number of nitrogens with two attached hydrogens (primary N) is 1. The maximum absolute atomic E-state index is 9.93. The summed E-state index contributed by atoms with van der Waals surface area (Å²) < 4.78 is 12.5. The molecule has 7 heavy (non-hydrogen) atoms. The van der Waals surface area contributed by atoms with Crippen LogP contribution in [0, 0.1) is 0 Å². The van der Waals surface area contributed by atoms with Gasteiger partial charge in [0.2, 0.25) is 6.08 Å². The average Bonchev–Trinajstić information content (AvgIpc) is 1.30. The van der Waals surface area contributed by atoms with Crippen LogP contribution in [0.15, 0.2) is 4.76 Å². The van der Waals surface area contributed by atoms with Crippen LogP contribution >= 0.6 is 18.0 Å². The van der Waals surface area contributed by atoms with E-state index in [1.807, 2.05) is 0 Å². The molecule has 0 aliphatic carbocycles. The van der Waals surface area contributed by atoms with Gasteiger partial charge in [-0.2, -0.15) is 0 Å². The Morgan fingerprint density at radius 2 is 2.29 bits per heavy atom. The number of halogens is 1. The summed E-state index contributed by atoms with van der Waals surface area (Å²) in [6, 6.07) is 0. The molecule has 0 bridgehead atoms. The predicted molar refractivity (Wildman–Crippen MR) is 25.8 cm³/mol. The van der Waals surface area contributed by atoms with Gasteiger partial charge in [-0.15, -0.1) is 4.76 Å². The first kappa shape index (κ1) is 6.86. The Labute approximate surface area is 44.6 Å². The van der Waals surface area contributed by atoms with Crippen molar-refractivity contribution >= 4 is 24.1 Å². The van der Waals surface area contributed by atoms with E-state index >= 15 is 0 Å². The van der Waals surface area contributed by atoms with Gasteiger partial charge in [-0.3, -0.25) is 4.57 Å². The lowest BCUT2D eigenvalue weighted by atomic mass is 11.7. The Balaban J connectivity index is 4.10. The zero-order valence-corrected chi connectivity index (χ0v) is 4.82. The molecule has 0 aromatic rings. The largest absolute Gasteiger partial charge is 0.351 e. The van der Waals surface area contributed by atoms with Crippen molar-refractivity contribution in [3.63, 3.8) is 0 Å². The van der Waals surface area contributed by atoms with Crippen molar-refractivity contribution in [2.75, 3.05) is 0 Å². The van der Waals surface area contributed by atoms with Crippen molar-refractivity contribution in [2.24, 2.45) is 10.3 Å². The second kappa shape index (κ2) is 2.24. The topological polar surface area (TPSA) is 72.5 Å². The van der Waals surface area contributed by atoms with E-state index in [1.165, 1.54) is 0 Å². The fourth-order valence-electron chi connectivity index (χ4n) is 0.0557. The Bertz CT molecular complexity index is 144. The van der Waals surface area contributed by atoms with Gasteiger partial charge >= 0.3 is 6.80 Å². The molecule has 1 unspecified atom stereocenters. The molecule has 0 amide bonds. The summed E-state index contributed by atoms with van der Waals surface area (Å²) in [5.41, 5.74) is 4.54. The van der Waals surface area contributed by atoms with E-state index in [0.717, 1.165) is 6.08 Å². The van der Waals surface area contributed by atoms with Crippen LogP contribution in [0.1, 0.15) is 0 Å². The highest BCUT2D eigenvalue weighted by molar-refractivity contribution is 7.86. The van der Waals surface area contributed by atoms with Crippen LogP contribution in [0.2, 0.25) is 0 Å². The van der Waals surface area contributed by atoms with Crippen molar-refractivity contribution in [3.8, 4) is 0 Å². The molecule has 40 valence electrons. The molecule has 0 heterocycles. The highest BCUT2D eigenvalue weighted by Crippen LogP contribution is 2.42. The maximum Gasteiger partial charge on any atom is 0.351 e. The maximum atomic E-state index is 9.93. The molecule has 0 aromatic carbocycles. The molecule has 0 aliphatic rings. The first-order valence-electron chi connectivity index (χ1n) is 1.24. The molecule has 2 N–H and O–H groups in total. The number of hydrogen-bond acceptors (Lipinski definition) is 2. The first-order chi connectivity index (χ1) is 3.06. The monoisotopic (exact) mass is 140 g/mol. The van der Waals surface area contributed by atoms with Crippen molar-refractivity contribution in [3.05, 3.63) is 0 Å². The molecule has 0 aliphatic heterocycles. The van der Waals surface area contributed by atoms with Gasteiger partial charge < -0.3 is 0 Å². The Kier molecular flexibility index (Phi) is 2.20. The normalized spacial score (nSPS) is 16.9.